The molecule has 2 saturated heterocycles. The fraction of sp³-hybridized carbons (Fsp3) is 0.500. The molecular formula is C20H25N3O3S. The Morgan fingerprint density at radius 2 is 1.96 bits per heavy atom. The molecule has 6 nitrogen and oxygen atoms in total. The Morgan fingerprint density at radius 1 is 1.22 bits per heavy atom. The van der Waals surface area contributed by atoms with E-state index in [1.807, 2.05) is 57.1 Å². The maximum Gasteiger partial charge on any atom is 0.255 e. The van der Waals surface area contributed by atoms with Crippen LogP contribution in [0.25, 0.3) is 10.9 Å². The lowest BCUT2D eigenvalue weighted by molar-refractivity contribution is 0.0778. The van der Waals surface area contributed by atoms with Crippen LogP contribution in [0.15, 0.2) is 24.3 Å². The molecule has 2 aliphatic rings. The molecule has 2 aliphatic heterocycles. The number of benzene rings is 1. The average Bonchev–Trinajstić information content (AvgIpc) is 3.14. The summed E-state index contributed by atoms with van der Waals surface area (Å²) >= 11 is 0. The van der Waals surface area contributed by atoms with Gasteiger partial charge in [-0.2, -0.15) is 0 Å². The second-order valence-corrected chi connectivity index (χ2v) is 10.3. The number of amides is 1. The molecule has 2 fully saturated rings. The number of para-hydroxylation sites is 1. The van der Waals surface area contributed by atoms with E-state index in [-0.39, 0.29) is 30.2 Å². The Labute approximate surface area is 160 Å². The van der Waals surface area contributed by atoms with Gasteiger partial charge >= 0.3 is 0 Å². The quantitative estimate of drug-likeness (QED) is 0.784. The van der Waals surface area contributed by atoms with Crippen molar-refractivity contribution in [2.75, 3.05) is 32.9 Å². The second kappa shape index (κ2) is 6.27. The first-order valence-electron chi connectivity index (χ1n) is 9.23. The molecule has 3 heterocycles. The van der Waals surface area contributed by atoms with Crippen molar-refractivity contribution < 1.29 is 13.2 Å². The van der Waals surface area contributed by atoms with Crippen molar-refractivity contribution in [3.05, 3.63) is 41.1 Å². The normalized spacial score (nSPS) is 26.7. The van der Waals surface area contributed by atoms with Gasteiger partial charge in [0.05, 0.1) is 27.8 Å². The van der Waals surface area contributed by atoms with E-state index in [9.17, 15) is 13.2 Å². The van der Waals surface area contributed by atoms with E-state index in [1.54, 1.807) is 4.90 Å². The number of pyridine rings is 1. The third-order valence-corrected chi connectivity index (χ3v) is 8.31. The van der Waals surface area contributed by atoms with Gasteiger partial charge in [-0.15, -0.1) is 0 Å². The molecule has 1 amide bonds. The maximum atomic E-state index is 13.2. The van der Waals surface area contributed by atoms with Gasteiger partial charge in [0.2, 0.25) is 0 Å². The van der Waals surface area contributed by atoms with E-state index in [4.69, 9.17) is 0 Å². The number of aromatic nitrogens is 1. The lowest BCUT2D eigenvalue weighted by Crippen LogP contribution is -2.38. The predicted molar refractivity (Wildman–Crippen MR) is 106 cm³/mol. The third-order valence-electron chi connectivity index (χ3n) is 6.09. The van der Waals surface area contributed by atoms with E-state index < -0.39 is 15.1 Å². The molecule has 0 bridgehead atoms. The van der Waals surface area contributed by atoms with E-state index in [2.05, 4.69) is 4.98 Å². The minimum absolute atomic E-state index is 0.0232. The number of sulfone groups is 1. The van der Waals surface area contributed by atoms with Gasteiger partial charge in [-0.05, 0) is 39.6 Å². The number of hydrogen-bond acceptors (Lipinski definition) is 5. The molecular weight excluding hydrogens is 362 g/mol. The molecule has 144 valence electrons. The van der Waals surface area contributed by atoms with Gasteiger partial charge in [0.1, 0.15) is 0 Å². The molecule has 2 aromatic rings. The molecule has 0 N–H and O–H groups in total. The number of carbonyl (C=O) groups excluding carboxylic acids is 1. The summed E-state index contributed by atoms with van der Waals surface area (Å²) in [5.74, 6) is 0.0446. The van der Waals surface area contributed by atoms with Crippen molar-refractivity contribution in [3.8, 4) is 0 Å². The highest BCUT2D eigenvalue weighted by Crippen LogP contribution is 2.36. The standard InChI is InChI=1S/C20H25N3O3S/c1-12-6-5-7-14-8-15(13(2)21-19(12)14)20(24)23-9-16-17(22(3)4)11-27(25,26)18(16)10-23/h5-8,16-18H,9-11H2,1-4H3/t16-,17+,18-/m0/s1. The highest BCUT2D eigenvalue weighted by molar-refractivity contribution is 7.92. The molecule has 1 aromatic carbocycles. The molecule has 0 aliphatic carbocycles. The highest BCUT2D eigenvalue weighted by Gasteiger charge is 2.53. The number of hydrogen-bond donors (Lipinski definition) is 0. The van der Waals surface area contributed by atoms with Crippen molar-refractivity contribution >= 4 is 26.6 Å². The van der Waals surface area contributed by atoms with Crippen molar-refractivity contribution in [3.63, 3.8) is 0 Å². The summed E-state index contributed by atoms with van der Waals surface area (Å²) in [6.45, 7) is 4.61. The predicted octanol–water partition coefficient (Wildman–Crippen LogP) is 1.65. The van der Waals surface area contributed by atoms with Gasteiger partial charge in [-0.3, -0.25) is 9.78 Å². The van der Waals surface area contributed by atoms with E-state index in [0.29, 0.717) is 17.8 Å². The van der Waals surface area contributed by atoms with Gasteiger partial charge in [0, 0.05) is 30.4 Å². The van der Waals surface area contributed by atoms with Gasteiger partial charge < -0.3 is 9.80 Å². The second-order valence-electron chi connectivity index (χ2n) is 8.04. The first-order valence-corrected chi connectivity index (χ1v) is 10.9. The SMILES string of the molecule is Cc1nc2c(C)cccc2cc1C(=O)N1C[C@H]2[C@H](N(C)C)CS(=O)(=O)[C@H]2C1. The summed E-state index contributed by atoms with van der Waals surface area (Å²) in [5, 5.41) is 0.479. The van der Waals surface area contributed by atoms with Crippen LogP contribution in [0.2, 0.25) is 0 Å². The van der Waals surface area contributed by atoms with Gasteiger partial charge in [-0.1, -0.05) is 18.2 Å². The molecule has 0 radical (unpaired) electrons. The van der Waals surface area contributed by atoms with Gasteiger partial charge in [0.25, 0.3) is 5.91 Å². The Morgan fingerprint density at radius 3 is 2.67 bits per heavy atom. The average molecular weight is 388 g/mol. The zero-order valence-electron chi connectivity index (χ0n) is 16.1. The molecule has 27 heavy (non-hydrogen) atoms. The fourth-order valence-electron chi connectivity index (χ4n) is 4.56. The summed E-state index contributed by atoms with van der Waals surface area (Å²) in [6, 6.07) is 7.77. The Kier molecular flexibility index (Phi) is 4.27. The van der Waals surface area contributed by atoms with Gasteiger partial charge in [-0.25, -0.2) is 8.42 Å². The minimum atomic E-state index is -3.17. The lowest BCUT2D eigenvalue weighted by atomic mass is 10.00. The number of nitrogens with zero attached hydrogens (tertiary/aromatic N) is 3. The molecule has 1 aromatic heterocycles. The maximum absolute atomic E-state index is 13.2. The largest absolute Gasteiger partial charge is 0.337 e. The van der Waals surface area contributed by atoms with Crippen LogP contribution in [0.3, 0.4) is 0 Å². The van der Waals surface area contributed by atoms with E-state index in [1.165, 1.54) is 0 Å². The van der Waals surface area contributed by atoms with Crippen molar-refractivity contribution in [1.29, 1.82) is 0 Å². The van der Waals surface area contributed by atoms with Crippen LogP contribution in [0.5, 0.6) is 0 Å². The van der Waals surface area contributed by atoms with Crippen LogP contribution in [-0.2, 0) is 9.84 Å². The zero-order valence-corrected chi connectivity index (χ0v) is 17.0. The van der Waals surface area contributed by atoms with Gasteiger partial charge in [0.15, 0.2) is 9.84 Å². The summed E-state index contributed by atoms with van der Waals surface area (Å²) in [4.78, 5) is 21.5. The minimum Gasteiger partial charge on any atom is -0.337 e. The fourth-order valence-corrected chi connectivity index (χ4v) is 7.03. The van der Waals surface area contributed by atoms with E-state index in [0.717, 1.165) is 16.5 Å². The van der Waals surface area contributed by atoms with Crippen molar-refractivity contribution in [2.24, 2.45) is 5.92 Å². The summed E-state index contributed by atoms with van der Waals surface area (Å²) in [6.07, 6.45) is 0. The Balaban J connectivity index is 1.67. The van der Waals surface area contributed by atoms with Crippen LogP contribution in [-0.4, -0.2) is 73.3 Å². The van der Waals surface area contributed by atoms with Crippen LogP contribution >= 0.6 is 0 Å². The number of fused-ring (bicyclic) bond motifs is 2. The summed E-state index contributed by atoms with van der Waals surface area (Å²) in [5.41, 5.74) is 3.23. The van der Waals surface area contributed by atoms with E-state index >= 15 is 0 Å². The Bertz CT molecular complexity index is 1030. The molecule has 4 rings (SSSR count). The molecule has 0 unspecified atom stereocenters. The van der Waals surface area contributed by atoms with Crippen molar-refractivity contribution in [2.45, 2.75) is 25.1 Å². The number of carbonyl (C=O) groups is 1. The summed E-state index contributed by atoms with van der Waals surface area (Å²) < 4.78 is 25.1. The topological polar surface area (TPSA) is 70.6 Å². The number of aryl methyl sites for hydroxylation is 2. The molecule has 3 atom stereocenters. The first-order chi connectivity index (χ1) is 12.7. The number of rotatable bonds is 2. The first kappa shape index (κ1) is 18.4. The molecule has 0 spiro atoms. The van der Waals surface area contributed by atoms with Crippen LogP contribution in [0.4, 0.5) is 0 Å². The van der Waals surface area contributed by atoms with Crippen LogP contribution < -0.4 is 0 Å². The molecule has 0 saturated carbocycles. The highest BCUT2D eigenvalue weighted by atomic mass is 32.2. The third kappa shape index (κ3) is 2.93. The Hall–Kier alpha value is -1.99. The molecule has 7 heteroatoms. The smallest absolute Gasteiger partial charge is 0.255 e. The lowest BCUT2D eigenvalue weighted by Gasteiger charge is -2.25. The van der Waals surface area contributed by atoms with Crippen molar-refractivity contribution in [1.82, 2.24) is 14.8 Å². The monoisotopic (exact) mass is 387 g/mol. The van der Waals surface area contributed by atoms with Crippen LogP contribution in [0.1, 0.15) is 21.6 Å². The van der Waals surface area contributed by atoms with Crippen LogP contribution in [0, 0.1) is 19.8 Å². The number of likely N-dealkylation sites (tertiary alicyclic amines) is 1. The summed E-state index contributed by atoms with van der Waals surface area (Å²) in [7, 11) is 0.651. The zero-order chi connectivity index (χ0) is 19.5.